The topological polar surface area (TPSA) is 58.5 Å². The first-order valence-corrected chi connectivity index (χ1v) is 5.55. The maximum Gasteiger partial charge on any atom is 0.154 e. The number of aryl methyl sites for hydroxylation is 1. The summed E-state index contributed by atoms with van der Waals surface area (Å²) < 4.78 is 5.37. The number of halogens is 1. The lowest BCUT2D eigenvalue weighted by atomic mass is 10.2. The van der Waals surface area contributed by atoms with Crippen LogP contribution >= 0.6 is 11.6 Å². The van der Waals surface area contributed by atoms with E-state index in [2.05, 4.69) is 10.2 Å². The predicted octanol–water partition coefficient (Wildman–Crippen LogP) is 0.636. The van der Waals surface area contributed by atoms with E-state index in [-0.39, 0.29) is 12.7 Å². The number of hydrogen-bond acceptors (Lipinski definition) is 5. The van der Waals surface area contributed by atoms with Crippen LogP contribution in [0.25, 0.3) is 0 Å². The van der Waals surface area contributed by atoms with Gasteiger partial charge >= 0.3 is 0 Å². The molecule has 1 fully saturated rings. The third-order valence-electron chi connectivity index (χ3n) is 2.58. The number of ether oxygens (including phenoxy) is 1. The Labute approximate surface area is 99.0 Å². The van der Waals surface area contributed by atoms with Crippen molar-refractivity contribution in [2.24, 2.45) is 0 Å². The van der Waals surface area contributed by atoms with Crippen molar-refractivity contribution in [2.75, 3.05) is 31.2 Å². The fraction of sp³-hybridized carbons (Fsp3) is 0.600. The van der Waals surface area contributed by atoms with E-state index in [1.54, 1.807) is 0 Å². The van der Waals surface area contributed by atoms with Crippen LogP contribution in [0.2, 0.25) is 5.15 Å². The first kappa shape index (κ1) is 11.6. The Morgan fingerprint density at radius 1 is 1.62 bits per heavy atom. The van der Waals surface area contributed by atoms with Gasteiger partial charge in [0.05, 0.1) is 19.3 Å². The molecule has 0 amide bonds. The van der Waals surface area contributed by atoms with Crippen LogP contribution in [0.15, 0.2) is 6.07 Å². The number of aromatic nitrogens is 2. The van der Waals surface area contributed by atoms with Crippen molar-refractivity contribution in [1.82, 2.24) is 10.2 Å². The highest BCUT2D eigenvalue weighted by molar-refractivity contribution is 6.30. The number of morpholine rings is 1. The van der Waals surface area contributed by atoms with Gasteiger partial charge in [-0.15, -0.1) is 10.2 Å². The molecule has 0 aliphatic carbocycles. The summed E-state index contributed by atoms with van der Waals surface area (Å²) in [5.41, 5.74) is 0.902. The zero-order chi connectivity index (χ0) is 11.5. The van der Waals surface area contributed by atoms with E-state index >= 15 is 0 Å². The van der Waals surface area contributed by atoms with E-state index in [1.807, 2.05) is 17.9 Å². The Kier molecular flexibility index (Phi) is 3.58. The summed E-state index contributed by atoms with van der Waals surface area (Å²) in [6.45, 7) is 3.90. The molecule has 6 heteroatoms. The van der Waals surface area contributed by atoms with Crippen molar-refractivity contribution in [1.29, 1.82) is 0 Å². The van der Waals surface area contributed by atoms with Crippen LogP contribution in [-0.4, -0.2) is 47.7 Å². The monoisotopic (exact) mass is 243 g/mol. The molecule has 1 aromatic heterocycles. The van der Waals surface area contributed by atoms with Gasteiger partial charge in [0.25, 0.3) is 0 Å². The molecule has 1 atom stereocenters. The first-order chi connectivity index (χ1) is 7.70. The lowest BCUT2D eigenvalue weighted by Gasteiger charge is -2.32. The van der Waals surface area contributed by atoms with Gasteiger partial charge in [0.15, 0.2) is 11.0 Å². The molecule has 1 aliphatic heterocycles. The van der Waals surface area contributed by atoms with E-state index in [4.69, 9.17) is 21.4 Å². The van der Waals surface area contributed by atoms with Crippen LogP contribution in [0, 0.1) is 6.92 Å². The van der Waals surface area contributed by atoms with Gasteiger partial charge in [-0.25, -0.2) is 0 Å². The van der Waals surface area contributed by atoms with Crippen LogP contribution in [0.4, 0.5) is 5.82 Å². The van der Waals surface area contributed by atoms with Crippen LogP contribution in [0.1, 0.15) is 5.56 Å². The Bertz CT molecular complexity index is 375. The Morgan fingerprint density at radius 2 is 2.44 bits per heavy atom. The number of nitrogens with zero attached hydrogens (tertiary/aromatic N) is 3. The molecule has 0 radical (unpaired) electrons. The zero-order valence-corrected chi connectivity index (χ0v) is 9.81. The van der Waals surface area contributed by atoms with Crippen molar-refractivity contribution in [3.8, 4) is 0 Å². The predicted molar refractivity (Wildman–Crippen MR) is 60.8 cm³/mol. The van der Waals surface area contributed by atoms with Gasteiger partial charge in [0.1, 0.15) is 0 Å². The quantitative estimate of drug-likeness (QED) is 0.826. The lowest BCUT2D eigenvalue weighted by molar-refractivity contribution is 0.00332. The molecule has 0 spiro atoms. The fourth-order valence-corrected chi connectivity index (χ4v) is 1.74. The summed E-state index contributed by atoms with van der Waals surface area (Å²) in [6, 6.07) is 1.90. The molecule has 88 valence electrons. The SMILES string of the molecule is Cc1cc(N2CCO[C@H](CO)C2)nnc1Cl. The molecular weight excluding hydrogens is 230 g/mol. The second kappa shape index (κ2) is 4.95. The van der Waals surface area contributed by atoms with Gasteiger partial charge in [0, 0.05) is 13.1 Å². The first-order valence-electron chi connectivity index (χ1n) is 5.18. The smallest absolute Gasteiger partial charge is 0.154 e. The van der Waals surface area contributed by atoms with Gasteiger partial charge in [0.2, 0.25) is 0 Å². The minimum Gasteiger partial charge on any atom is -0.394 e. The maximum absolute atomic E-state index is 9.05. The Balaban J connectivity index is 2.13. The van der Waals surface area contributed by atoms with E-state index in [0.717, 1.165) is 17.9 Å². The molecule has 2 heterocycles. The molecule has 16 heavy (non-hydrogen) atoms. The minimum atomic E-state index is -0.147. The van der Waals surface area contributed by atoms with Crippen molar-refractivity contribution >= 4 is 17.4 Å². The summed E-state index contributed by atoms with van der Waals surface area (Å²) in [6.07, 6.45) is -0.147. The highest BCUT2D eigenvalue weighted by atomic mass is 35.5. The van der Waals surface area contributed by atoms with Crippen LogP contribution in [0.3, 0.4) is 0 Å². The second-order valence-electron chi connectivity index (χ2n) is 3.80. The molecule has 5 nitrogen and oxygen atoms in total. The van der Waals surface area contributed by atoms with Gasteiger partial charge in [-0.2, -0.15) is 0 Å². The van der Waals surface area contributed by atoms with Gasteiger partial charge in [-0.1, -0.05) is 11.6 Å². The van der Waals surface area contributed by atoms with Crippen molar-refractivity contribution in [3.63, 3.8) is 0 Å². The third-order valence-corrected chi connectivity index (χ3v) is 2.95. The molecule has 1 saturated heterocycles. The van der Waals surface area contributed by atoms with Crippen LogP contribution in [0.5, 0.6) is 0 Å². The Hall–Kier alpha value is -0.910. The number of aliphatic hydroxyl groups is 1. The van der Waals surface area contributed by atoms with Gasteiger partial charge < -0.3 is 14.7 Å². The summed E-state index contributed by atoms with van der Waals surface area (Å²) in [7, 11) is 0. The number of rotatable bonds is 2. The van der Waals surface area contributed by atoms with Crippen molar-refractivity contribution < 1.29 is 9.84 Å². The summed E-state index contributed by atoms with van der Waals surface area (Å²) in [5, 5.41) is 17.4. The number of aliphatic hydroxyl groups excluding tert-OH is 1. The third kappa shape index (κ3) is 2.42. The van der Waals surface area contributed by atoms with Crippen LogP contribution in [-0.2, 0) is 4.74 Å². The number of hydrogen-bond donors (Lipinski definition) is 1. The lowest BCUT2D eigenvalue weighted by Crippen LogP contribution is -2.44. The molecule has 1 aliphatic rings. The van der Waals surface area contributed by atoms with E-state index in [9.17, 15) is 0 Å². The zero-order valence-electron chi connectivity index (χ0n) is 9.06. The minimum absolute atomic E-state index is 0.0243. The molecular formula is C10H14ClN3O2. The van der Waals surface area contributed by atoms with Crippen LogP contribution < -0.4 is 4.90 Å². The van der Waals surface area contributed by atoms with Gasteiger partial charge in [-0.05, 0) is 18.6 Å². The molecule has 2 rings (SSSR count). The highest BCUT2D eigenvalue weighted by Crippen LogP contribution is 2.19. The van der Waals surface area contributed by atoms with E-state index < -0.39 is 0 Å². The Morgan fingerprint density at radius 3 is 3.12 bits per heavy atom. The molecule has 0 bridgehead atoms. The van der Waals surface area contributed by atoms with Crippen molar-refractivity contribution in [2.45, 2.75) is 13.0 Å². The van der Waals surface area contributed by atoms with Gasteiger partial charge in [-0.3, -0.25) is 0 Å². The molecule has 0 unspecified atom stereocenters. The average molecular weight is 244 g/mol. The molecule has 1 aromatic rings. The molecule has 0 saturated carbocycles. The molecule has 1 N–H and O–H groups in total. The van der Waals surface area contributed by atoms with E-state index in [0.29, 0.717) is 18.3 Å². The fourth-order valence-electron chi connectivity index (χ4n) is 1.65. The van der Waals surface area contributed by atoms with E-state index in [1.165, 1.54) is 0 Å². The summed E-state index contributed by atoms with van der Waals surface area (Å²) in [5.74, 6) is 0.781. The second-order valence-corrected chi connectivity index (χ2v) is 4.16. The van der Waals surface area contributed by atoms with Crippen molar-refractivity contribution in [3.05, 3.63) is 16.8 Å². The highest BCUT2D eigenvalue weighted by Gasteiger charge is 2.21. The molecule has 0 aromatic carbocycles. The summed E-state index contributed by atoms with van der Waals surface area (Å²) in [4.78, 5) is 2.04. The maximum atomic E-state index is 9.05. The standard InChI is InChI=1S/C10H14ClN3O2/c1-7-4-9(12-13-10(7)11)14-2-3-16-8(5-14)6-15/h4,8,15H,2-3,5-6H2,1H3/t8-/m0/s1. The summed E-state index contributed by atoms with van der Waals surface area (Å²) >= 11 is 5.82. The number of anilines is 1. The normalized spacial score (nSPS) is 21.2. The average Bonchev–Trinajstić information content (AvgIpc) is 2.33. The largest absolute Gasteiger partial charge is 0.394 e.